The lowest BCUT2D eigenvalue weighted by Crippen LogP contribution is -2.39. The molecule has 3 nitrogen and oxygen atoms in total. The molecule has 2 aliphatic rings. The zero-order valence-corrected chi connectivity index (χ0v) is 14.4. The second-order valence-electron chi connectivity index (χ2n) is 7.04. The van der Waals surface area contributed by atoms with Crippen LogP contribution in [-0.2, 0) is 15.0 Å². The topological polar surface area (TPSA) is 37.4 Å². The average molecular weight is 357 g/mol. The van der Waals surface area contributed by atoms with Crippen LogP contribution >= 0.6 is 0 Å². The number of benzene rings is 3. The van der Waals surface area contributed by atoms with Gasteiger partial charge in [0.05, 0.1) is 17.5 Å². The van der Waals surface area contributed by atoms with E-state index in [2.05, 4.69) is 0 Å². The Balaban J connectivity index is 1.61. The van der Waals surface area contributed by atoms with Gasteiger partial charge in [-0.1, -0.05) is 60.7 Å². The van der Waals surface area contributed by atoms with Crippen molar-refractivity contribution in [2.24, 2.45) is 11.8 Å². The monoisotopic (exact) mass is 357 g/mol. The summed E-state index contributed by atoms with van der Waals surface area (Å²) in [5, 5.41) is 0. The first-order chi connectivity index (χ1) is 13.2. The highest BCUT2D eigenvalue weighted by molar-refractivity contribution is 6.27. The molecule has 1 saturated heterocycles. The van der Waals surface area contributed by atoms with Gasteiger partial charge in [-0.15, -0.1) is 0 Å². The van der Waals surface area contributed by atoms with Gasteiger partial charge < -0.3 is 0 Å². The summed E-state index contributed by atoms with van der Waals surface area (Å²) >= 11 is 0. The molecule has 2 amide bonds. The van der Waals surface area contributed by atoms with E-state index < -0.39 is 23.1 Å². The summed E-state index contributed by atoms with van der Waals surface area (Å²) in [4.78, 5) is 27.6. The number of piperidine rings is 1. The van der Waals surface area contributed by atoms with Gasteiger partial charge in [-0.2, -0.15) is 0 Å². The Kier molecular flexibility index (Phi) is 3.31. The Labute approximate surface area is 156 Å². The molecular formula is C23H16FNO2. The second-order valence-corrected chi connectivity index (χ2v) is 7.04. The highest BCUT2D eigenvalue weighted by atomic mass is 19.1. The van der Waals surface area contributed by atoms with E-state index in [1.54, 1.807) is 0 Å². The predicted molar refractivity (Wildman–Crippen MR) is 99.5 cm³/mol. The molecule has 2 fully saturated rings. The van der Waals surface area contributed by atoms with Crippen molar-refractivity contribution in [2.75, 3.05) is 4.90 Å². The molecule has 1 heterocycles. The normalized spacial score (nSPS) is 22.6. The van der Waals surface area contributed by atoms with Gasteiger partial charge in [-0.05, 0) is 35.4 Å². The molecule has 0 radical (unpaired) electrons. The van der Waals surface area contributed by atoms with Crippen molar-refractivity contribution in [2.45, 2.75) is 5.41 Å². The molecule has 1 aliphatic heterocycles. The van der Waals surface area contributed by atoms with Crippen LogP contribution in [0.25, 0.3) is 0 Å². The highest BCUT2D eigenvalue weighted by Crippen LogP contribution is 2.68. The molecular weight excluding hydrogens is 341 g/mol. The Hall–Kier alpha value is -3.27. The number of carbonyl (C=O) groups is 2. The first-order valence-corrected chi connectivity index (χ1v) is 8.90. The van der Waals surface area contributed by atoms with Crippen LogP contribution in [0.1, 0.15) is 11.1 Å². The largest absolute Gasteiger partial charge is 0.274 e. The molecule has 3 aromatic carbocycles. The number of nitrogens with zero attached hydrogens (tertiary/aromatic N) is 1. The van der Waals surface area contributed by atoms with Crippen molar-refractivity contribution >= 4 is 17.5 Å². The average Bonchev–Trinajstić information content (AvgIpc) is 3.35. The zero-order valence-electron chi connectivity index (χ0n) is 14.4. The van der Waals surface area contributed by atoms with Crippen LogP contribution in [0.3, 0.4) is 0 Å². The van der Waals surface area contributed by atoms with Gasteiger partial charge in [0.15, 0.2) is 0 Å². The molecule has 4 heteroatoms. The minimum Gasteiger partial charge on any atom is -0.274 e. The van der Waals surface area contributed by atoms with E-state index in [1.165, 1.54) is 29.2 Å². The summed E-state index contributed by atoms with van der Waals surface area (Å²) < 4.78 is 13.2. The van der Waals surface area contributed by atoms with Gasteiger partial charge in [0.2, 0.25) is 11.8 Å². The van der Waals surface area contributed by atoms with Crippen LogP contribution < -0.4 is 4.90 Å². The molecule has 0 unspecified atom stereocenters. The van der Waals surface area contributed by atoms with Crippen molar-refractivity contribution in [1.82, 2.24) is 0 Å². The molecule has 0 bridgehead atoms. The van der Waals surface area contributed by atoms with Crippen LogP contribution in [0.2, 0.25) is 0 Å². The third-order valence-electron chi connectivity index (χ3n) is 5.77. The first kappa shape index (κ1) is 15.9. The maximum absolute atomic E-state index is 13.2. The van der Waals surface area contributed by atoms with E-state index in [0.717, 1.165) is 11.1 Å². The van der Waals surface area contributed by atoms with Crippen molar-refractivity contribution in [3.05, 3.63) is 102 Å². The Morgan fingerprint density at radius 3 is 1.56 bits per heavy atom. The molecule has 5 rings (SSSR count). The standard InChI is InChI=1S/C23H16FNO2/c24-17-11-13-18(14-12-17)25-21(26)19-20(22(25)27)23(19,15-7-3-1-4-8-15)16-9-5-2-6-10-16/h1-14,19-20H/t19-,20-/m1/s1. The fourth-order valence-electron chi connectivity index (χ4n) is 4.61. The van der Waals surface area contributed by atoms with Crippen molar-refractivity contribution < 1.29 is 14.0 Å². The summed E-state index contributed by atoms with van der Waals surface area (Å²) in [6.07, 6.45) is 0. The van der Waals surface area contributed by atoms with E-state index in [9.17, 15) is 14.0 Å². The van der Waals surface area contributed by atoms with Crippen LogP contribution in [-0.4, -0.2) is 11.8 Å². The number of imide groups is 1. The van der Waals surface area contributed by atoms with E-state index in [-0.39, 0.29) is 11.8 Å². The zero-order chi connectivity index (χ0) is 18.6. The van der Waals surface area contributed by atoms with Crippen molar-refractivity contribution in [3.8, 4) is 0 Å². The summed E-state index contributed by atoms with van der Waals surface area (Å²) in [5.74, 6) is -1.70. The van der Waals surface area contributed by atoms with Gasteiger partial charge >= 0.3 is 0 Å². The van der Waals surface area contributed by atoms with E-state index in [4.69, 9.17) is 0 Å². The SMILES string of the molecule is O=C1[C@H]2[C@H](C(=O)N1c1ccc(F)cc1)C2(c1ccccc1)c1ccccc1. The fraction of sp³-hybridized carbons (Fsp3) is 0.130. The molecule has 3 aromatic rings. The number of hydrogen-bond donors (Lipinski definition) is 0. The molecule has 1 aliphatic carbocycles. The lowest BCUT2D eigenvalue weighted by atomic mass is 9.83. The van der Waals surface area contributed by atoms with Crippen molar-refractivity contribution in [3.63, 3.8) is 0 Å². The smallest absolute Gasteiger partial charge is 0.239 e. The molecule has 1 saturated carbocycles. The number of halogens is 1. The first-order valence-electron chi connectivity index (χ1n) is 8.90. The number of amides is 2. The van der Waals surface area contributed by atoms with E-state index in [1.807, 2.05) is 60.7 Å². The summed E-state index contributed by atoms with van der Waals surface area (Å²) in [5.41, 5.74) is 1.76. The Morgan fingerprint density at radius 2 is 1.11 bits per heavy atom. The lowest BCUT2D eigenvalue weighted by Gasteiger charge is -2.26. The van der Waals surface area contributed by atoms with Gasteiger partial charge in [0, 0.05) is 5.41 Å². The summed E-state index contributed by atoms with van der Waals surface area (Å²) in [7, 11) is 0. The Bertz CT molecular complexity index is 967. The minimum absolute atomic E-state index is 0.218. The van der Waals surface area contributed by atoms with Crippen LogP contribution in [0.15, 0.2) is 84.9 Å². The molecule has 0 spiro atoms. The van der Waals surface area contributed by atoms with E-state index in [0.29, 0.717) is 5.69 Å². The number of fused-ring (bicyclic) bond motifs is 1. The van der Waals surface area contributed by atoms with Crippen LogP contribution in [0.5, 0.6) is 0 Å². The van der Waals surface area contributed by atoms with Crippen LogP contribution in [0.4, 0.5) is 10.1 Å². The quantitative estimate of drug-likeness (QED) is 0.666. The molecule has 27 heavy (non-hydrogen) atoms. The number of carbonyl (C=O) groups excluding carboxylic acids is 2. The maximum Gasteiger partial charge on any atom is 0.239 e. The van der Waals surface area contributed by atoms with Crippen molar-refractivity contribution in [1.29, 1.82) is 0 Å². The van der Waals surface area contributed by atoms with Gasteiger partial charge in [0.25, 0.3) is 0 Å². The second kappa shape index (κ2) is 5.61. The lowest BCUT2D eigenvalue weighted by molar-refractivity contribution is -0.124. The van der Waals surface area contributed by atoms with Gasteiger partial charge in [0.1, 0.15) is 5.82 Å². The molecule has 132 valence electrons. The molecule has 0 aromatic heterocycles. The highest BCUT2D eigenvalue weighted by Gasteiger charge is 2.78. The summed E-state index contributed by atoms with van der Waals surface area (Å²) in [6.45, 7) is 0. The van der Waals surface area contributed by atoms with Gasteiger partial charge in [-0.3, -0.25) is 9.59 Å². The van der Waals surface area contributed by atoms with E-state index >= 15 is 0 Å². The number of anilines is 1. The number of rotatable bonds is 3. The van der Waals surface area contributed by atoms with Gasteiger partial charge in [-0.25, -0.2) is 9.29 Å². The Morgan fingerprint density at radius 1 is 0.667 bits per heavy atom. The maximum atomic E-state index is 13.2. The molecule has 2 atom stereocenters. The third kappa shape index (κ3) is 2.07. The molecule has 0 N–H and O–H groups in total. The van der Waals surface area contributed by atoms with Crippen LogP contribution in [0, 0.1) is 17.7 Å². The summed E-state index contributed by atoms with van der Waals surface area (Å²) in [6, 6.07) is 25.0. The fourth-order valence-corrected chi connectivity index (χ4v) is 4.61. The predicted octanol–water partition coefficient (Wildman–Crippen LogP) is 3.93. The number of hydrogen-bond acceptors (Lipinski definition) is 2. The third-order valence-corrected chi connectivity index (χ3v) is 5.77. The minimum atomic E-state index is -0.618.